The lowest BCUT2D eigenvalue weighted by Gasteiger charge is -2.22. The van der Waals surface area contributed by atoms with Gasteiger partial charge in [-0.1, -0.05) is 92.2 Å². The summed E-state index contributed by atoms with van der Waals surface area (Å²) in [5.41, 5.74) is 17.8. The molecule has 0 bridgehead atoms. The summed E-state index contributed by atoms with van der Waals surface area (Å²) in [4.78, 5) is 0. The molecule has 39 heavy (non-hydrogen) atoms. The van der Waals surface area contributed by atoms with Crippen molar-refractivity contribution in [2.75, 3.05) is 12.3 Å². The third kappa shape index (κ3) is 3.17. The monoisotopic (exact) mass is 503 g/mol. The van der Waals surface area contributed by atoms with Gasteiger partial charge in [-0.05, 0) is 85.6 Å². The van der Waals surface area contributed by atoms with E-state index < -0.39 is 0 Å². The number of nitrogens with zero attached hydrogens (tertiary/aromatic N) is 1. The summed E-state index contributed by atoms with van der Waals surface area (Å²) in [5.74, 6) is 1.08. The summed E-state index contributed by atoms with van der Waals surface area (Å²) in [7, 11) is 0. The van der Waals surface area contributed by atoms with Crippen LogP contribution in [0.3, 0.4) is 0 Å². The lowest BCUT2D eigenvalue weighted by Crippen LogP contribution is -2.23. The van der Waals surface area contributed by atoms with Gasteiger partial charge in [0, 0.05) is 17.6 Å². The molecule has 3 nitrogen and oxygen atoms in total. The van der Waals surface area contributed by atoms with Crippen molar-refractivity contribution in [1.29, 1.82) is 0 Å². The number of nitrogens with one attached hydrogen (secondary N) is 1. The van der Waals surface area contributed by atoms with Crippen LogP contribution < -0.4 is 11.1 Å². The molecule has 2 heterocycles. The zero-order chi connectivity index (χ0) is 26.1. The van der Waals surface area contributed by atoms with Crippen LogP contribution in [0.15, 0.2) is 103 Å². The van der Waals surface area contributed by atoms with Gasteiger partial charge < -0.3 is 11.1 Å². The lowest BCUT2D eigenvalue weighted by molar-refractivity contribution is 0.827. The standard InChI is InChI=1S/C36H29N3/c1-2-8-33-36(37)29-11-5-6-14-32(29)39(33)34-18-15-24(21-38-34)25-16-17-28-31-20-23-10-4-3-9-22(23)19-30(31)27-13-7-12-26(25)35(27)28/h3-7,9-20,38H,2,8,21,37H2,1H3. The van der Waals surface area contributed by atoms with Crippen molar-refractivity contribution in [1.82, 2.24) is 9.88 Å². The average molecular weight is 504 g/mol. The van der Waals surface area contributed by atoms with Gasteiger partial charge in [0.15, 0.2) is 0 Å². The quantitative estimate of drug-likeness (QED) is 0.252. The van der Waals surface area contributed by atoms with Crippen molar-refractivity contribution in [3.8, 4) is 22.3 Å². The molecule has 2 aliphatic rings. The Bertz CT molecular complexity index is 1990. The summed E-state index contributed by atoms with van der Waals surface area (Å²) < 4.78 is 2.32. The number of benzene rings is 5. The molecule has 0 saturated carbocycles. The highest BCUT2D eigenvalue weighted by atomic mass is 15.2. The number of hydrogen-bond acceptors (Lipinski definition) is 2. The fourth-order valence-corrected chi connectivity index (χ4v) is 6.72. The number of nitrogen functional groups attached to an aromatic ring is 1. The fraction of sp³-hybridized carbons (Fsp3) is 0.111. The molecule has 0 unspecified atom stereocenters. The molecule has 0 atom stereocenters. The minimum absolute atomic E-state index is 0.763. The molecule has 0 radical (unpaired) electrons. The van der Waals surface area contributed by atoms with Crippen LogP contribution in [0.5, 0.6) is 0 Å². The van der Waals surface area contributed by atoms with Crippen LogP contribution in [0.25, 0.3) is 66.1 Å². The number of hydrogen-bond donors (Lipinski definition) is 2. The van der Waals surface area contributed by atoms with E-state index in [4.69, 9.17) is 5.73 Å². The normalized spacial score (nSPS) is 14.0. The molecule has 5 aromatic carbocycles. The SMILES string of the molecule is CCCc1c(N)c2ccccc2n1C1=CC=C(c2ccc3c4c(cccc24)-c2cc4ccccc4cc2-3)CN1. The molecule has 0 amide bonds. The molecular weight excluding hydrogens is 474 g/mol. The van der Waals surface area contributed by atoms with Gasteiger partial charge in [0.2, 0.25) is 0 Å². The Morgan fingerprint density at radius 2 is 1.41 bits per heavy atom. The third-order valence-electron chi connectivity index (χ3n) is 8.50. The van der Waals surface area contributed by atoms with E-state index in [0.717, 1.165) is 41.8 Å². The van der Waals surface area contributed by atoms with Crippen LogP contribution in [0, 0.1) is 0 Å². The first-order valence-corrected chi connectivity index (χ1v) is 13.9. The van der Waals surface area contributed by atoms with Gasteiger partial charge in [0.05, 0.1) is 11.2 Å². The molecule has 1 aliphatic heterocycles. The number of para-hydroxylation sites is 1. The first kappa shape index (κ1) is 22.2. The number of nitrogens with two attached hydrogens (primary N) is 1. The molecular formula is C36H29N3. The number of allylic oxidation sites excluding steroid dienone is 2. The first-order valence-electron chi connectivity index (χ1n) is 13.9. The van der Waals surface area contributed by atoms with E-state index in [1.807, 2.05) is 0 Å². The van der Waals surface area contributed by atoms with Crippen molar-refractivity contribution in [3.05, 3.63) is 114 Å². The van der Waals surface area contributed by atoms with E-state index in [9.17, 15) is 0 Å². The Labute approximate surface area is 227 Å². The van der Waals surface area contributed by atoms with Crippen LogP contribution in [0.4, 0.5) is 5.69 Å². The van der Waals surface area contributed by atoms with Gasteiger partial charge in [0.25, 0.3) is 0 Å². The topological polar surface area (TPSA) is 43.0 Å². The van der Waals surface area contributed by atoms with Crippen LogP contribution in [0.1, 0.15) is 24.6 Å². The number of aromatic nitrogens is 1. The van der Waals surface area contributed by atoms with E-state index in [1.54, 1.807) is 0 Å². The highest BCUT2D eigenvalue weighted by molar-refractivity contribution is 6.19. The second kappa shape index (κ2) is 8.37. The number of rotatable bonds is 4. The Morgan fingerprint density at radius 3 is 2.15 bits per heavy atom. The van der Waals surface area contributed by atoms with Gasteiger partial charge in [-0.3, -0.25) is 4.57 Å². The summed E-state index contributed by atoms with van der Waals surface area (Å²) in [6.07, 6.45) is 6.50. The van der Waals surface area contributed by atoms with Crippen LogP contribution >= 0.6 is 0 Å². The Hall–Kier alpha value is -4.76. The van der Waals surface area contributed by atoms with E-state index in [-0.39, 0.29) is 0 Å². The van der Waals surface area contributed by atoms with Gasteiger partial charge in [-0.2, -0.15) is 0 Å². The predicted molar refractivity (Wildman–Crippen MR) is 166 cm³/mol. The Kier molecular flexibility index (Phi) is 4.78. The molecule has 0 saturated heterocycles. The van der Waals surface area contributed by atoms with Gasteiger partial charge in [-0.15, -0.1) is 0 Å². The minimum Gasteiger partial charge on any atom is -0.397 e. The molecule has 8 rings (SSSR count). The smallest absolute Gasteiger partial charge is 0.111 e. The lowest BCUT2D eigenvalue weighted by atomic mass is 9.93. The molecule has 0 fully saturated rings. The highest BCUT2D eigenvalue weighted by Crippen LogP contribution is 2.50. The Balaban J connectivity index is 1.26. The molecule has 1 aliphatic carbocycles. The minimum atomic E-state index is 0.763. The molecule has 3 N–H and O–H groups in total. The number of fused-ring (bicyclic) bond motifs is 5. The maximum atomic E-state index is 6.62. The summed E-state index contributed by atoms with van der Waals surface area (Å²) in [6.45, 7) is 2.97. The predicted octanol–water partition coefficient (Wildman–Crippen LogP) is 8.62. The number of anilines is 1. The zero-order valence-corrected chi connectivity index (χ0v) is 22.0. The molecule has 1 aromatic heterocycles. The molecule has 188 valence electrons. The first-order chi connectivity index (χ1) is 19.2. The fourth-order valence-electron chi connectivity index (χ4n) is 6.72. The van der Waals surface area contributed by atoms with Crippen LogP contribution in [0.2, 0.25) is 0 Å². The Morgan fingerprint density at radius 1 is 0.718 bits per heavy atom. The van der Waals surface area contributed by atoms with E-state index in [0.29, 0.717) is 0 Å². The van der Waals surface area contributed by atoms with Crippen LogP contribution in [-0.2, 0) is 6.42 Å². The molecule has 0 spiro atoms. The van der Waals surface area contributed by atoms with Crippen molar-refractivity contribution in [3.63, 3.8) is 0 Å². The molecule has 3 heteroatoms. The maximum Gasteiger partial charge on any atom is 0.111 e. The van der Waals surface area contributed by atoms with E-state index in [2.05, 4.69) is 120 Å². The summed E-state index contributed by atoms with van der Waals surface area (Å²) in [5, 5.41) is 10.1. The van der Waals surface area contributed by atoms with Crippen molar-refractivity contribution in [2.24, 2.45) is 0 Å². The average Bonchev–Trinajstić information content (AvgIpc) is 3.45. The second-order valence-electron chi connectivity index (χ2n) is 10.7. The largest absolute Gasteiger partial charge is 0.397 e. The molecule has 6 aromatic rings. The van der Waals surface area contributed by atoms with Gasteiger partial charge >= 0.3 is 0 Å². The van der Waals surface area contributed by atoms with E-state index >= 15 is 0 Å². The summed E-state index contributed by atoms with van der Waals surface area (Å²) >= 11 is 0. The highest BCUT2D eigenvalue weighted by Gasteiger charge is 2.24. The van der Waals surface area contributed by atoms with Crippen molar-refractivity contribution in [2.45, 2.75) is 19.8 Å². The van der Waals surface area contributed by atoms with Crippen molar-refractivity contribution >= 4 is 49.5 Å². The maximum absolute atomic E-state index is 6.62. The number of dihydropyridines is 1. The third-order valence-corrected chi connectivity index (χ3v) is 8.50. The van der Waals surface area contributed by atoms with Crippen molar-refractivity contribution < 1.29 is 0 Å². The van der Waals surface area contributed by atoms with Crippen LogP contribution in [-0.4, -0.2) is 11.1 Å². The van der Waals surface area contributed by atoms with E-state index in [1.165, 1.54) is 60.6 Å². The van der Waals surface area contributed by atoms with Gasteiger partial charge in [0.1, 0.15) is 5.82 Å². The van der Waals surface area contributed by atoms with Gasteiger partial charge in [-0.25, -0.2) is 0 Å². The zero-order valence-electron chi connectivity index (χ0n) is 22.0. The summed E-state index contributed by atoms with van der Waals surface area (Å²) in [6, 6.07) is 33.2. The second-order valence-corrected chi connectivity index (χ2v) is 10.7.